The van der Waals surface area contributed by atoms with Gasteiger partial charge >= 0.3 is 11.7 Å². The first-order valence-electron chi connectivity index (χ1n) is 8.10. The quantitative estimate of drug-likeness (QED) is 0.180. The van der Waals surface area contributed by atoms with Crippen LogP contribution in [0.5, 0.6) is 5.75 Å². The Morgan fingerprint density at radius 1 is 1.22 bits per heavy atom. The highest BCUT2D eigenvalue weighted by Crippen LogP contribution is 2.23. The molecular weight excluding hydrogens is 461 g/mol. The molecule has 0 spiro atoms. The van der Waals surface area contributed by atoms with Crippen molar-refractivity contribution < 1.29 is 14.5 Å². The van der Waals surface area contributed by atoms with Gasteiger partial charge in [-0.25, -0.2) is 4.79 Å². The molecule has 0 fully saturated rings. The molecular formula is C19H16IN3O4. The fraction of sp³-hybridized carbons (Fsp3) is 0.158. The zero-order valence-corrected chi connectivity index (χ0v) is 16.8. The van der Waals surface area contributed by atoms with E-state index < -0.39 is 10.9 Å². The second kappa shape index (κ2) is 7.87. The van der Waals surface area contributed by atoms with Crippen molar-refractivity contribution in [3.05, 3.63) is 84.7 Å². The third-order valence-corrected chi connectivity index (χ3v) is 4.73. The average Bonchev–Trinajstić information content (AvgIpc) is 2.89. The van der Waals surface area contributed by atoms with Crippen molar-refractivity contribution in [2.75, 3.05) is 0 Å². The van der Waals surface area contributed by atoms with Crippen LogP contribution in [0.3, 0.4) is 0 Å². The summed E-state index contributed by atoms with van der Waals surface area (Å²) in [6.45, 7) is 3.67. The molecule has 3 aromatic rings. The minimum absolute atomic E-state index is 0.0349. The Morgan fingerprint density at radius 3 is 2.52 bits per heavy atom. The maximum atomic E-state index is 12.3. The van der Waals surface area contributed by atoms with Gasteiger partial charge in [-0.3, -0.25) is 14.8 Å². The number of nitrogens with zero attached hydrogens (tertiary/aromatic N) is 3. The maximum Gasteiger partial charge on any atom is 0.343 e. The van der Waals surface area contributed by atoms with E-state index in [1.165, 1.54) is 0 Å². The Kier molecular flexibility index (Phi) is 5.54. The van der Waals surface area contributed by atoms with Crippen molar-refractivity contribution in [1.82, 2.24) is 9.78 Å². The predicted octanol–water partition coefficient (Wildman–Crippen LogP) is 4.28. The van der Waals surface area contributed by atoms with Crippen LogP contribution in [0, 0.1) is 27.5 Å². The van der Waals surface area contributed by atoms with Crippen LogP contribution >= 0.6 is 22.6 Å². The van der Waals surface area contributed by atoms with Gasteiger partial charge in [-0.05, 0) is 72.3 Å². The minimum Gasteiger partial charge on any atom is -0.423 e. The largest absolute Gasteiger partial charge is 0.423 e. The number of carbonyl (C=O) groups excluding carboxylic acids is 1. The SMILES string of the molecule is Cc1nn(Cc2ccc(C(=O)Oc3cccc(I)c3)cc2)c(C)c1[N+](=O)[O-]. The third-order valence-electron chi connectivity index (χ3n) is 4.05. The number of benzene rings is 2. The van der Waals surface area contributed by atoms with Crippen molar-refractivity contribution in [3.8, 4) is 5.75 Å². The second-order valence-corrected chi connectivity index (χ2v) is 7.22. The van der Waals surface area contributed by atoms with Crippen molar-refractivity contribution in [2.45, 2.75) is 20.4 Å². The molecule has 0 unspecified atom stereocenters. The van der Waals surface area contributed by atoms with Crippen LogP contribution in [0.4, 0.5) is 5.69 Å². The summed E-state index contributed by atoms with van der Waals surface area (Å²) in [4.78, 5) is 22.9. The van der Waals surface area contributed by atoms with E-state index in [0.717, 1.165) is 9.13 Å². The van der Waals surface area contributed by atoms with Gasteiger partial charge in [0.1, 0.15) is 17.1 Å². The zero-order chi connectivity index (χ0) is 19.6. The van der Waals surface area contributed by atoms with E-state index in [-0.39, 0.29) is 5.69 Å². The summed E-state index contributed by atoms with van der Waals surface area (Å²) in [6, 6.07) is 14.2. The summed E-state index contributed by atoms with van der Waals surface area (Å²) in [6.07, 6.45) is 0. The van der Waals surface area contributed by atoms with Crippen LogP contribution in [-0.4, -0.2) is 20.7 Å². The van der Waals surface area contributed by atoms with E-state index in [9.17, 15) is 14.9 Å². The van der Waals surface area contributed by atoms with Crippen LogP contribution in [0.25, 0.3) is 0 Å². The molecule has 2 aromatic carbocycles. The topological polar surface area (TPSA) is 87.3 Å². The first-order valence-corrected chi connectivity index (χ1v) is 9.18. The van der Waals surface area contributed by atoms with Crippen molar-refractivity contribution in [2.24, 2.45) is 0 Å². The summed E-state index contributed by atoms with van der Waals surface area (Å²) in [5.74, 6) is 0.0521. The number of carbonyl (C=O) groups is 1. The molecule has 0 aliphatic rings. The Morgan fingerprint density at radius 2 is 1.93 bits per heavy atom. The lowest BCUT2D eigenvalue weighted by atomic mass is 10.1. The third kappa shape index (κ3) is 4.33. The molecule has 8 heteroatoms. The van der Waals surface area contributed by atoms with E-state index in [1.807, 2.05) is 12.1 Å². The van der Waals surface area contributed by atoms with Gasteiger partial charge in [0.05, 0.1) is 17.0 Å². The van der Waals surface area contributed by atoms with E-state index in [2.05, 4.69) is 27.7 Å². The van der Waals surface area contributed by atoms with Crippen LogP contribution in [-0.2, 0) is 6.54 Å². The maximum absolute atomic E-state index is 12.3. The molecule has 7 nitrogen and oxygen atoms in total. The Hall–Kier alpha value is -2.75. The van der Waals surface area contributed by atoms with Gasteiger partial charge in [0.15, 0.2) is 0 Å². The molecule has 0 bridgehead atoms. The predicted molar refractivity (Wildman–Crippen MR) is 108 cm³/mol. The molecule has 0 saturated heterocycles. The first-order chi connectivity index (χ1) is 12.8. The molecule has 0 N–H and O–H groups in total. The number of hydrogen-bond donors (Lipinski definition) is 0. The lowest BCUT2D eigenvalue weighted by Crippen LogP contribution is -2.09. The minimum atomic E-state index is -0.440. The molecule has 3 rings (SSSR count). The number of halogens is 1. The van der Waals surface area contributed by atoms with Crippen LogP contribution in [0.15, 0.2) is 48.5 Å². The molecule has 0 aliphatic heterocycles. The van der Waals surface area contributed by atoms with Crippen molar-refractivity contribution in [3.63, 3.8) is 0 Å². The van der Waals surface area contributed by atoms with Gasteiger partial charge < -0.3 is 4.74 Å². The van der Waals surface area contributed by atoms with E-state index >= 15 is 0 Å². The van der Waals surface area contributed by atoms with E-state index in [4.69, 9.17) is 4.74 Å². The summed E-state index contributed by atoms with van der Waals surface area (Å²) < 4.78 is 7.94. The fourth-order valence-electron chi connectivity index (χ4n) is 2.72. The van der Waals surface area contributed by atoms with Crippen LogP contribution in [0.2, 0.25) is 0 Å². The first kappa shape index (κ1) is 19.0. The molecule has 1 aromatic heterocycles. The smallest absolute Gasteiger partial charge is 0.343 e. The summed E-state index contributed by atoms with van der Waals surface area (Å²) in [5, 5.41) is 15.3. The average molecular weight is 477 g/mol. The van der Waals surface area contributed by atoms with Crippen LogP contribution in [0.1, 0.15) is 27.3 Å². The van der Waals surface area contributed by atoms with Crippen molar-refractivity contribution >= 4 is 34.2 Å². The summed E-state index contributed by atoms with van der Waals surface area (Å²) in [7, 11) is 0. The molecule has 0 aliphatic carbocycles. The normalized spacial score (nSPS) is 10.6. The number of aryl methyl sites for hydroxylation is 1. The van der Waals surface area contributed by atoms with Gasteiger partial charge in [-0.15, -0.1) is 0 Å². The van der Waals surface area contributed by atoms with Crippen LogP contribution < -0.4 is 4.74 Å². The molecule has 0 saturated carbocycles. The molecule has 138 valence electrons. The summed E-state index contributed by atoms with van der Waals surface area (Å²) >= 11 is 2.15. The Balaban J connectivity index is 1.73. The highest BCUT2D eigenvalue weighted by atomic mass is 127. The van der Waals surface area contributed by atoms with Gasteiger partial charge in [0.25, 0.3) is 0 Å². The fourth-order valence-corrected chi connectivity index (χ4v) is 3.24. The second-order valence-electron chi connectivity index (χ2n) is 5.98. The number of rotatable bonds is 5. The number of aromatic nitrogens is 2. The van der Waals surface area contributed by atoms with E-state index in [0.29, 0.717) is 29.2 Å². The molecule has 27 heavy (non-hydrogen) atoms. The van der Waals surface area contributed by atoms with Gasteiger partial charge in [-0.1, -0.05) is 18.2 Å². The summed E-state index contributed by atoms with van der Waals surface area (Å²) in [5.41, 5.74) is 2.22. The lowest BCUT2D eigenvalue weighted by molar-refractivity contribution is -0.386. The number of ether oxygens (including phenoxy) is 1. The molecule has 0 atom stereocenters. The number of hydrogen-bond acceptors (Lipinski definition) is 5. The van der Waals surface area contributed by atoms with Gasteiger partial charge in [0.2, 0.25) is 0 Å². The monoisotopic (exact) mass is 477 g/mol. The number of nitro groups is 1. The Labute approximate surface area is 169 Å². The molecule has 0 radical (unpaired) electrons. The van der Waals surface area contributed by atoms with Gasteiger partial charge in [-0.2, -0.15) is 5.10 Å². The number of esters is 1. The molecule has 0 amide bonds. The van der Waals surface area contributed by atoms with E-state index in [1.54, 1.807) is 54.9 Å². The highest BCUT2D eigenvalue weighted by molar-refractivity contribution is 14.1. The zero-order valence-electron chi connectivity index (χ0n) is 14.7. The van der Waals surface area contributed by atoms with Crippen molar-refractivity contribution in [1.29, 1.82) is 0 Å². The standard InChI is InChI=1S/C19H16IN3O4/c1-12-18(23(25)26)13(2)22(21-12)11-14-6-8-15(9-7-14)19(24)27-17-5-3-4-16(20)10-17/h3-10H,11H2,1-2H3. The Bertz CT molecular complexity index is 1010. The lowest BCUT2D eigenvalue weighted by Gasteiger charge is -2.07. The molecule has 1 heterocycles. The highest BCUT2D eigenvalue weighted by Gasteiger charge is 2.21. The van der Waals surface area contributed by atoms with Gasteiger partial charge in [0, 0.05) is 3.57 Å².